The molecule has 0 bridgehead atoms. The molecule has 0 rings (SSSR count). The highest BCUT2D eigenvalue weighted by Gasteiger charge is 2.20. The van der Waals surface area contributed by atoms with E-state index in [1.807, 2.05) is 0 Å². The van der Waals surface area contributed by atoms with Crippen LogP contribution in [-0.4, -0.2) is 37.1 Å². The molecule has 18 heavy (non-hydrogen) atoms. The van der Waals surface area contributed by atoms with Gasteiger partial charge in [-0.05, 0) is 26.2 Å². The number of hydrogen-bond donors (Lipinski definition) is 1. The van der Waals surface area contributed by atoms with Gasteiger partial charge in [0.2, 0.25) is 5.91 Å². The van der Waals surface area contributed by atoms with Crippen LogP contribution in [0.4, 0.5) is 0 Å². The smallest absolute Gasteiger partial charge is 0.328 e. The van der Waals surface area contributed by atoms with Crippen LogP contribution in [0, 0.1) is 0 Å². The van der Waals surface area contributed by atoms with Crippen molar-refractivity contribution in [3.8, 4) is 0 Å². The van der Waals surface area contributed by atoms with Gasteiger partial charge >= 0.3 is 11.9 Å². The molecule has 0 radical (unpaired) electrons. The third-order valence-electron chi connectivity index (χ3n) is 2.33. The lowest BCUT2D eigenvalue weighted by Crippen LogP contribution is -2.40. The predicted octanol–water partition coefficient (Wildman–Crippen LogP) is 0.786. The average Bonchev–Trinajstić information content (AvgIpc) is 2.25. The summed E-state index contributed by atoms with van der Waals surface area (Å²) in [4.78, 5) is 33.0. The minimum Gasteiger partial charge on any atom is -0.467 e. The van der Waals surface area contributed by atoms with E-state index in [0.29, 0.717) is 19.3 Å². The molecule has 0 saturated carbocycles. The van der Waals surface area contributed by atoms with E-state index in [2.05, 4.69) is 10.1 Å². The summed E-state index contributed by atoms with van der Waals surface area (Å²) in [5, 5.41) is 2.52. The minimum atomic E-state index is -0.642. The Morgan fingerprint density at radius 3 is 2.22 bits per heavy atom. The van der Waals surface area contributed by atoms with Gasteiger partial charge in [-0.2, -0.15) is 0 Å². The van der Waals surface area contributed by atoms with E-state index < -0.39 is 12.0 Å². The molecule has 0 saturated heterocycles. The second kappa shape index (κ2) is 8.49. The molecule has 2 atom stereocenters. The molecule has 104 valence electrons. The molecule has 0 spiro atoms. The van der Waals surface area contributed by atoms with Crippen molar-refractivity contribution in [3.63, 3.8) is 0 Å². The van der Waals surface area contributed by atoms with Crippen LogP contribution in [0.1, 0.15) is 40.0 Å². The van der Waals surface area contributed by atoms with Gasteiger partial charge in [0.05, 0.1) is 13.2 Å². The van der Waals surface area contributed by atoms with Crippen molar-refractivity contribution >= 4 is 17.8 Å². The summed E-state index contributed by atoms with van der Waals surface area (Å²) in [5.41, 5.74) is 0. The predicted molar refractivity (Wildman–Crippen MR) is 64.7 cm³/mol. The summed E-state index contributed by atoms with van der Waals surface area (Å²) in [6.45, 7) is 4.48. The minimum absolute atomic E-state index is 0.196. The number of ether oxygens (including phenoxy) is 2. The van der Waals surface area contributed by atoms with E-state index in [9.17, 15) is 14.4 Å². The number of methoxy groups -OCH3 is 1. The molecule has 0 aliphatic carbocycles. The Morgan fingerprint density at radius 2 is 1.78 bits per heavy atom. The molecule has 0 aliphatic heterocycles. The molecule has 0 unspecified atom stereocenters. The molecule has 0 aliphatic rings. The standard InChI is InChI=1S/C12H21NO5/c1-8(18-10(3)15)6-5-7-11(12(16)17-4)13-9(2)14/h8,11H,5-7H2,1-4H3,(H,13,14)/t8-,11-/m0/s1. The summed E-state index contributed by atoms with van der Waals surface area (Å²) in [5.74, 6) is -1.07. The van der Waals surface area contributed by atoms with Crippen molar-refractivity contribution < 1.29 is 23.9 Å². The largest absolute Gasteiger partial charge is 0.467 e. The molecule has 0 fully saturated rings. The van der Waals surface area contributed by atoms with Gasteiger partial charge in [0.25, 0.3) is 0 Å². The van der Waals surface area contributed by atoms with Crippen molar-refractivity contribution in [2.75, 3.05) is 7.11 Å². The van der Waals surface area contributed by atoms with E-state index >= 15 is 0 Å². The zero-order valence-electron chi connectivity index (χ0n) is 11.3. The maximum absolute atomic E-state index is 11.4. The highest BCUT2D eigenvalue weighted by molar-refractivity contribution is 5.83. The lowest BCUT2D eigenvalue weighted by molar-refractivity contribution is -0.147. The Morgan fingerprint density at radius 1 is 1.17 bits per heavy atom. The normalized spacial score (nSPS) is 13.3. The summed E-state index contributed by atoms with van der Waals surface area (Å²) < 4.78 is 9.55. The summed E-state index contributed by atoms with van der Waals surface area (Å²) in [7, 11) is 1.28. The van der Waals surface area contributed by atoms with Gasteiger partial charge in [-0.1, -0.05) is 0 Å². The van der Waals surface area contributed by atoms with Gasteiger partial charge in [-0.25, -0.2) is 4.79 Å². The molecule has 0 aromatic heterocycles. The molecule has 0 aromatic carbocycles. The molecule has 1 N–H and O–H groups in total. The fourth-order valence-electron chi connectivity index (χ4n) is 1.59. The van der Waals surface area contributed by atoms with Crippen LogP contribution in [0.15, 0.2) is 0 Å². The molecule has 0 aromatic rings. The maximum Gasteiger partial charge on any atom is 0.328 e. The van der Waals surface area contributed by atoms with Crippen LogP contribution >= 0.6 is 0 Å². The third kappa shape index (κ3) is 7.65. The van der Waals surface area contributed by atoms with E-state index in [1.165, 1.54) is 21.0 Å². The van der Waals surface area contributed by atoms with E-state index in [-0.39, 0.29) is 18.0 Å². The van der Waals surface area contributed by atoms with Crippen LogP contribution in [0.25, 0.3) is 0 Å². The van der Waals surface area contributed by atoms with Gasteiger partial charge in [0, 0.05) is 13.8 Å². The Labute approximate surface area is 107 Å². The van der Waals surface area contributed by atoms with Gasteiger partial charge in [0.1, 0.15) is 6.04 Å². The number of amides is 1. The van der Waals surface area contributed by atoms with E-state index in [4.69, 9.17) is 4.74 Å². The highest BCUT2D eigenvalue weighted by Crippen LogP contribution is 2.08. The number of hydrogen-bond acceptors (Lipinski definition) is 5. The van der Waals surface area contributed by atoms with E-state index in [0.717, 1.165) is 0 Å². The van der Waals surface area contributed by atoms with Gasteiger partial charge in [-0.3, -0.25) is 9.59 Å². The maximum atomic E-state index is 11.4. The first-order valence-electron chi connectivity index (χ1n) is 5.89. The van der Waals surface area contributed by atoms with Crippen molar-refractivity contribution in [2.45, 2.75) is 52.2 Å². The van der Waals surface area contributed by atoms with Crippen LogP contribution in [0.2, 0.25) is 0 Å². The van der Waals surface area contributed by atoms with Crippen molar-refractivity contribution in [3.05, 3.63) is 0 Å². The Hall–Kier alpha value is -1.59. The lowest BCUT2D eigenvalue weighted by atomic mass is 10.1. The Bertz CT molecular complexity index is 303. The number of esters is 2. The molecular weight excluding hydrogens is 238 g/mol. The topological polar surface area (TPSA) is 81.7 Å². The van der Waals surface area contributed by atoms with Crippen LogP contribution in [0.5, 0.6) is 0 Å². The molecule has 6 nitrogen and oxygen atoms in total. The van der Waals surface area contributed by atoms with Crippen molar-refractivity contribution in [1.82, 2.24) is 5.32 Å². The second-order valence-electron chi connectivity index (χ2n) is 4.13. The summed E-state index contributed by atoms with van der Waals surface area (Å²) in [6.07, 6.45) is 1.54. The summed E-state index contributed by atoms with van der Waals surface area (Å²) >= 11 is 0. The molecular formula is C12H21NO5. The number of carbonyl (C=O) groups is 3. The van der Waals surface area contributed by atoms with Crippen LogP contribution in [-0.2, 0) is 23.9 Å². The first kappa shape index (κ1) is 16.4. The zero-order valence-corrected chi connectivity index (χ0v) is 11.3. The molecule has 1 amide bonds. The van der Waals surface area contributed by atoms with Crippen LogP contribution < -0.4 is 5.32 Å². The van der Waals surface area contributed by atoms with Crippen molar-refractivity contribution in [1.29, 1.82) is 0 Å². The zero-order chi connectivity index (χ0) is 14.1. The van der Waals surface area contributed by atoms with Gasteiger partial charge in [0.15, 0.2) is 0 Å². The quantitative estimate of drug-likeness (QED) is 0.683. The Balaban J connectivity index is 4.07. The fourth-order valence-corrected chi connectivity index (χ4v) is 1.59. The first-order chi connectivity index (χ1) is 8.36. The monoisotopic (exact) mass is 259 g/mol. The second-order valence-corrected chi connectivity index (χ2v) is 4.13. The molecule has 6 heteroatoms. The summed E-state index contributed by atoms with van der Waals surface area (Å²) in [6, 6.07) is -0.642. The average molecular weight is 259 g/mol. The van der Waals surface area contributed by atoms with Crippen molar-refractivity contribution in [2.24, 2.45) is 0 Å². The van der Waals surface area contributed by atoms with Crippen LogP contribution in [0.3, 0.4) is 0 Å². The van der Waals surface area contributed by atoms with E-state index in [1.54, 1.807) is 6.92 Å². The first-order valence-corrected chi connectivity index (χ1v) is 5.89. The Kier molecular flexibility index (Phi) is 7.74. The van der Waals surface area contributed by atoms with Gasteiger partial charge < -0.3 is 14.8 Å². The number of rotatable bonds is 7. The fraction of sp³-hybridized carbons (Fsp3) is 0.750. The lowest BCUT2D eigenvalue weighted by Gasteiger charge is -2.16. The SMILES string of the molecule is COC(=O)[C@H](CCC[C@H](C)OC(C)=O)NC(C)=O. The third-order valence-corrected chi connectivity index (χ3v) is 2.33. The number of nitrogens with one attached hydrogen (secondary N) is 1. The van der Waals surface area contributed by atoms with Gasteiger partial charge in [-0.15, -0.1) is 0 Å². The highest BCUT2D eigenvalue weighted by atomic mass is 16.5. The molecule has 0 heterocycles. The number of carbonyl (C=O) groups excluding carboxylic acids is 3.